The molecule has 1 saturated carbocycles. The van der Waals surface area contributed by atoms with Crippen LogP contribution in [-0.4, -0.2) is 38.7 Å². The highest BCUT2D eigenvalue weighted by molar-refractivity contribution is 7.92. The minimum absolute atomic E-state index is 0.0320. The van der Waals surface area contributed by atoms with Crippen LogP contribution in [0.5, 0.6) is 0 Å². The van der Waals surface area contributed by atoms with E-state index in [9.17, 15) is 21.6 Å². The van der Waals surface area contributed by atoms with Gasteiger partial charge >= 0.3 is 0 Å². The number of hydrogen-bond acceptors (Lipinski definition) is 6. The van der Waals surface area contributed by atoms with Crippen molar-refractivity contribution in [2.45, 2.75) is 41.2 Å². The number of aromatic nitrogens is 1. The SMILES string of the molecule is CCS(=O)(=O)c1ccc(CC(=O)Nc2cc(Cl)c(-c3ccc(S(=O)(=O)C4CC4)cc3)c(Cl)c2)nc1. The van der Waals surface area contributed by atoms with Gasteiger partial charge in [0.2, 0.25) is 5.91 Å². The molecule has 184 valence electrons. The van der Waals surface area contributed by atoms with Crippen molar-refractivity contribution >= 4 is 54.5 Å². The topological polar surface area (TPSA) is 110 Å². The standard InChI is InChI=1S/C24H22Cl2N2O5S2/c1-2-34(30,31)20-8-5-16(27-14-20)13-23(29)28-17-11-21(25)24(22(26)12-17)15-3-6-18(7-4-15)35(32,33)19-9-10-19/h3-8,11-12,14,19H,2,9-10,13H2,1H3,(H,28,29). The molecule has 1 aromatic heterocycles. The summed E-state index contributed by atoms with van der Waals surface area (Å²) < 4.78 is 48.6. The highest BCUT2D eigenvalue weighted by Gasteiger charge is 2.36. The van der Waals surface area contributed by atoms with Crippen LogP contribution in [-0.2, 0) is 30.9 Å². The molecule has 4 rings (SSSR count). The summed E-state index contributed by atoms with van der Waals surface area (Å²) in [6.07, 6.45) is 2.56. The maximum absolute atomic E-state index is 12.5. The molecule has 35 heavy (non-hydrogen) atoms. The first-order chi connectivity index (χ1) is 16.5. The zero-order valence-electron chi connectivity index (χ0n) is 18.7. The van der Waals surface area contributed by atoms with Crippen molar-refractivity contribution in [3.8, 4) is 11.1 Å². The normalized spacial score (nSPS) is 14.0. The molecule has 1 fully saturated rings. The molecule has 0 bridgehead atoms. The molecule has 1 N–H and O–H groups in total. The summed E-state index contributed by atoms with van der Waals surface area (Å²) in [4.78, 5) is 16.9. The molecule has 3 aromatic rings. The number of nitrogens with zero attached hydrogens (tertiary/aromatic N) is 1. The van der Waals surface area contributed by atoms with Crippen LogP contribution in [0.2, 0.25) is 10.0 Å². The van der Waals surface area contributed by atoms with Crippen LogP contribution < -0.4 is 5.32 Å². The molecule has 1 amide bonds. The van der Waals surface area contributed by atoms with Crippen LogP contribution in [0.3, 0.4) is 0 Å². The monoisotopic (exact) mass is 552 g/mol. The number of pyridine rings is 1. The van der Waals surface area contributed by atoms with Gasteiger partial charge in [-0.25, -0.2) is 16.8 Å². The van der Waals surface area contributed by atoms with Gasteiger partial charge in [0.05, 0.1) is 37.3 Å². The van der Waals surface area contributed by atoms with E-state index in [1.54, 1.807) is 43.3 Å². The van der Waals surface area contributed by atoms with Gasteiger partial charge in [-0.2, -0.15) is 0 Å². The van der Waals surface area contributed by atoms with Gasteiger partial charge in [0.15, 0.2) is 19.7 Å². The van der Waals surface area contributed by atoms with E-state index in [0.717, 1.165) is 0 Å². The maximum Gasteiger partial charge on any atom is 0.230 e. The molecular formula is C24H22Cl2N2O5S2. The van der Waals surface area contributed by atoms with Crippen molar-refractivity contribution in [2.75, 3.05) is 11.1 Å². The van der Waals surface area contributed by atoms with Gasteiger partial charge in [-0.3, -0.25) is 9.78 Å². The highest BCUT2D eigenvalue weighted by Crippen LogP contribution is 2.39. The second kappa shape index (κ2) is 9.89. The van der Waals surface area contributed by atoms with Crippen molar-refractivity contribution in [3.63, 3.8) is 0 Å². The molecule has 0 saturated heterocycles. The number of halogens is 2. The Bertz CT molecular complexity index is 1460. The summed E-state index contributed by atoms with van der Waals surface area (Å²) in [6.45, 7) is 1.55. The number of carbonyl (C=O) groups is 1. The number of amides is 1. The number of benzene rings is 2. The molecule has 11 heteroatoms. The lowest BCUT2D eigenvalue weighted by Gasteiger charge is -2.12. The number of rotatable bonds is 8. The molecule has 0 aliphatic heterocycles. The molecule has 2 aromatic carbocycles. The van der Waals surface area contributed by atoms with E-state index in [-0.39, 0.29) is 43.2 Å². The molecule has 0 unspecified atom stereocenters. The van der Waals surface area contributed by atoms with E-state index in [0.29, 0.717) is 35.3 Å². The highest BCUT2D eigenvalue weighted by atomic mass is 35.5. The Morgan fingerprint density at radius 1 is 0.971 bits per heavy atom. The molecule has 0 radical (unpaired) electrons. The van der Waals surface area contributed by atoms with Gasteiger partial charge in [0.25, 0.3) is 0 Å². The average Bonchev–Trinajstić information content (AvgIpc) is 3.65. The van der Waals surface area contributed by atoms with Crippen molar-refractivity contribution in [2.24, 2.45) is 0 Å². The van der Waals surface area contributed by atoms with Crippen molar-refractivity contribution < 1.29 is 21.6 Å². The molecule has 1 aliphatic rings. The lowest BCUT2D eigenvalue weighted by Crippen LogP contribution is -2.15. The fourth-order valence-corrected chi connectivity index (χ4v) is 6.72. The zero-order valence-corrected chi connectivity index (χ0v) is 21.8. The number of carbonyl (C=O) groups excluding carboxylic acids is 1. The van der Waals surface area contributed by atoms with Crippen molar-refractivity contribution in [1.82, 2.24) is 4.98 Å². The number of sulfone groups is 2. The first kappa shape index (κ1) is 25.6. The minimum atomic E-state index is -3.36. The van der Waals surface area contributed by atoms with E-state index >= 15 is 0 Å². The summed E-state index contributed by atoms with van der Waals surface area (Å²) in [5.41, 5.74) is 1.97. The van der Waals surface area contributed by atoms with E-state index < -0.39 is 19.7 Å². The fraction of sp³-hybridized carbons (Fsp3) is 0.250. The maximum atomic E-state index is 12.5. The van der Waals surface area contributed by atoms with Crippen LogP contribution in [0.15, 0.2) is 64.5 Å². The third kappa shape index (κ3) is 5.69. The molecule has 7 nitrogen and oxygen atoms in total. The average molecular weight is 553 g/mol. The van der Waals surface area contributed by atoms with Crippen LogP contribution >= 0.6 is 23.2 Å². The van der Waals surface area contributed by atoms with Crippen molar-refractivity contribution in [3.05, 3.63) is 70.5 Å². The predicted molar refractivity (Wildman–Crippen MR) is 136 cm³/mol. The third-order valence-electron chi connectivity index (χ3n) is 5.64. The third-order valence-corrected chi connectivity index (χ3v) is 10.2. The number of nitrogens with one attached hydrogen (secondary N) is 1. The summed E-state index contributed by atoms with van der Waals surface area (Å²) in [5.74, 6) is -0.409. The predicted octanol–water partition coefficient (Wildman–Crippen LogP) is 4.97. The smallest absolute Gasteiger partial charge is 0.230 e. The molecular weight excluding hydrogens is 531 g/mol. The van der Waals surface area contributed by atoms with Gasteiger partial charge in [-0.05, 0) is 54.8 Å². The van der Waals surface area contributed by atoms with Gasteiger partial charge in [0, 0.05) is 23.1 Å². The quantitative estimate of drug-likeness (QED) is 0.422. The van der Waals surface area contributed by atoms with Crippen molar-refractivity contribution in [1.29, 1.82) is 0 Å². The Labute approximate surface area is 214 Å². The Balaban J connectivity index is 1.47. The first-order valence-electron chi connectivity index (χ1n) is 10.8. The molecule has 1 aliphatic carbocycles. The number of anilines is 1. The fourth-order valence-electron chi connectivity index (χ4n) is 3.54. The lowest BCUT2D eigenvalue weighted by molar-refractivity contribution is -0.115. The molecule has 0 spiro atoms. The van der Waals surface area contributed by atoms with Gasteiger partial charge in [-0.1, -0.05) is 42.3 Å². The second-order valence-electron chi connectivity index (χ2n) is 8.20. The zero-order chi connectivity index (χ0) is 25.4. The summed E-state index contributed by atoms with van der Waals surface area (Å²) in [7, 11) is -6.65. The lowest BCUT2D eigenvalue weighted by atomic mass is 10.0. The summed E-state index contributed by atoms with van der Waals surface area (Å²) >= 11 is 12.9. The largest absolute Gasteiger partial charge is 0.326 e. The van der Waals surface area contributed by atoms with Gasteiger partial charge in [-0.15, -0.1) is 0 Å². The molecule has 0 atom stereocenters. The first-order valence-corrected chi connectivity index (χ1v) is 14.8. The Kier molecular flexibility index (Phi) is 7.24. The second-order valence-corrected chi connectivity index (χ2v) is 13.5. The summed E-state index contributed by atoms with van der Waals surface area (Å²) in [5, 5.41) is 3.00. The van der Waals surface area contributed by atoms with Crippen LogP contribution in [0.4, 0.5) is 5.69 Å². The minimum Gasteiger partial charge on any atom is -0.326 e. The van der Waals surface area contributed by atoms with E-state index in [4.69, 9.17) is 23.2 Å². The molecule has 1 heterocycles. The van der Waals surface area contributed by atoms with Gasteiger partial charge in [0.1, 0.15) is 0 Å². The van der Waals surface area contributed by atoms with E-state index in [1.165, 1.54) is 18.3 Å². The van der Waals surface area contributed by atoms with Crippen LogP contribution in [0.1, 0.15) is 25.5 Å². The van der Waals surface area contributed by atoms with Gasteiger partial charge < -0.3 is 5.32 Å². The van der Waals surface area contributed by atoms with E-state index in [1.807, 2.05) is 0 Å². The Hall–Kier alpha value is -2.46. The van der Waals surface area contributed by atoms with Crippen LogP contribution in [0, 0.1) is 0 Å². The number of hydrogen-bond donors (Lipinski definition) is 1. The Morgan fingerprint density at radius 3 is 2.09 bits per heavy atom. The summed E-state index contributed by atoms with van der Waals surface area (Å²) in [6, 6.07) is 12.5. The van der Waals surface area contributed by atoms with E-state index in [2.05, 4.69) is 10.3 Å². The van der Waals surface area contributed by atoms with Crippen LogP contribution in [0.25, 0.3) is 11.1 Å². The Morgan fingerprint density at radius 2 is 1.57 bits per heavy atom.